The first-order chi connectivity index (χ1) is 15.2. The molecule has 31 heavy (non-hydrogen) atoms. The van der Waals surface area contributed by atoms with Crippen LogP contribution in [0.3, 0.4) is 0 Å². The second kappa shape index (κ2) is 8.56. The van der Waals surface area contributed by atoms with Crippen LogP contribution in [0.4, 0.5) is 0 Å². The minimum Gasteiger partial charge on any atom is -0.463 e. The molecule has 1 unspecified atom stereocenters. The number of hydrogen-bond donors (Lipinski definition) is 0. The second-order valence-corrected chi connectivity index (χ2v) is 9.06. The topological polar surface area (TPSA) is 63.6 Å². The maximum absolute atomic E-state index is 13.2. The van der Waals surface area contributed by atoms with Crippen molar-refractivity contribution in [3.63, 3.8) is 0 Å². The quantitative estimate of drug-likeness (QED) is 0.380. The van der Waals surface area contributed by atoms with Gasteiger partial charge in [0, 0.05) is 18.3 Å². The third-order valence-electron chi connectivity index (χ3n) is 5.18. The Bertz CT molecular complexity index is 1200. The maximum atomic E-state index is 13.2. The molecule has 156 valence electrons. The summed E-state index contributed by atoms with van der Waals surface area (Å²) in [6.45, 7) is 0. The summed E-state index contributed by atoms with van der Waals surface area (Å²) in [4.78, 5) is 18.8. The number of rotatable bonds is 6. The average molecular weight is 449 g/mol. The monoisotopic (exact) mass is 448 g/mol. The number of nitrogens with zero attached hydrogens (tertiary/aromatic N) is 4. The zero-order chi connectivity index (χ0) is 21.2. The van der Waals surface area contributed by atoms with Crippen LogP contribution in [0, 0.1) is 0 Å². The normalized spacial score (nSPS) is 16.0. The number of thioether (sulfide) groups is 1. The Hall–Kier alpha value is -3.10. The van der Waals surface area contributed by atoms with Gasteiger partial charge in [0.15, 0.2) is 5.16 Å². The molecule has 0 saturated carbocycles. The molecule has 0 fully saturated rings. The highest BCUT2D eigenvalue weighted by molar-refractivity contribution is 7.99. The molecule has 8 heteroatoms. The molecule has 1 amide bonds. The number of hydrazone groups is 1. The number of aromatic nitrogens is 2. The van der Waals surface area contributed by atoms with Crippen molar-refractivity contribution in [3.05, 3.63) is 83.1 Å². The molecule has 4 heterocycles. The van der Waals surface area contributed by atoms with Crippen LogP contribution in [0.5, 0.6) is 0 Å². The Balaban J connectivity index is 1.34. The van der Waals surface area contributed by atoms with E-state index in [1.165, 1.54) is 11.8 Å². The standard InChI is InChI=1S/C23H20N4O2S2/c1-26-19(16-7-3-2-4-8-16)14-24-23(26)31-15-22(28)27-18(21-10-6-12-30-21)13-17(25-27)20-9-5-11-29-20/h2-12,14,18H,13,15H2,1H3. The van der Waals surface area contributed by atoms with E-state index >= 15 is 0 Å². The zero-order valence-electron chi connectivity index (χ0n) is 16.8. The molecule has 1 atom stereocenters. The third-order valence-corrected chi connectivity index (χ3v) is 7.19. The summed E-state index contributed by atoms with van der Waals surface area (Å²) in [5.41, 5.74) is 2.91. The van der Waals surface area contributed by atoms with Crippen LogP contribution in [-0.4, -0.2) is 31.9 Å². The van der Waals surface area contributed by atoms with Gasteiger partial charge in [-0.05, 0) is 29.1 Å². The largest absolute Gasteiger partial charge is 0.463 e. The molecule has 6 nitrogen and oxygen atoms in total. The lowest BCUT2D eigenvalue weighted by atomic mass is 10.1. The number of furan rings is 1. The van der Waals surface area contributed by atoms with Crippen molar-refractivity contribution >= 4 is 34.7 Å². The number of imidazole rings is 1. The Labute approximate surface area is 188 Å². The third kappa shape index (κ3) is 3.96. The van der Waals surface area contributed by atoms with Crippen molar-refractivity contribution < 1.29 is 9.21 Å². The molecule has 4 aromatic rings. The van der Waals surface area contributed by atoms with Gasteiger partial charge in [-0.15, -0.1) is 11.3 Å². The van der Waals surface area contributed by atoms with E-state index in [1.54, 1.807) is 22.6 Å². The van der Waals surface area contributed by atoms with Crippen LogP contribution in [-0.2, 0) is 11.8 Å². The summed E-state index contributed by atoms with van der Waals surface area (Å²) >= 11 is 3.06. The van der Waals surface area contributed by atoms with Gasteiger partial charge >= 0.3 is 0 Å². The Morgan fingerprint density at radius 2 is 2.06 bits per heavy atom. The lowest BCUT2D eigenvalue weighted by Crippen LogP contribution is -2.28. The van der Waals surface area contributed by atoms with E-state index in [-0.39, 0.29) is 17.7 Å². The van der Waals surface area contributed by atoms with Gasteiger partial charge in [-0.2, -0.15) is 5.10 Å². The van der Waals surface area contributed by atoms with Gasteiger partial charge < -0.3 is 8.98 Å². The highest BCUT2D eigenvalue weighted by atomic mass is 32.2. The zero-order valence-corrected chi connectivity index (χ0v) is 18.5. The highest BCUT2D eigenvalue weighted by Crippen LogP contribution is 2.36. The SMILES string of the molecule is Cn1c(-c2ccccc2)cnc1SCC(=O)N1N=C(c2ccco2)CC1c1cccs1. The molecule has 0 N–H and O–H groups in total. The lowest BCUT2D eigenvalue weighted by molar-refractivity contribution is -0.130. The first-order valence-corrected chi connectivity index (χ1v) is 11.7. The summed E-state index contributed by atoms with van der Waals surface area (Å²) in [6, 6.07) is 17.8. The molecule has 0 bridgehead atoms. The predicted octanol–water partition coefficient (Wildman–Crippen LogP) is 5.21. The van der Waals surface area contributed by atoms with Gasteiger partial charge in [0.2, 0.25) is 0 Å². The van der Waals surface area contributed by atoms with Crippen molar-refractivity contribution in [2.75, 3.05) is 5.75 Å². The van der Waals surface area contributed by atoms with Crippen LogP contribution in [0.15, 0.2) is 87.1 Å². The molecule has 0 aliphatic carbocycles. The number of amides is 1. The van der Waals surface area contributed by atoms with Crippen LogP contribution in [0.2, 0.25) is 0 Å². The van der Waals surface area contributed by atoms with Gasteiger partial charge in [-0.3, -0.25) is 4.79 Å². The Kier molecular flexibility index (Phi) is 5.48. The van der Waals surface area contributed by atoms with E-state index < -0.39 is 0 Å². The van der Waals surface area contributed by atoms with E-state index in [2.05, 4.69) is 22.2 Å². The predicted molar refractivity (Wildman–Crippen MR) is 123 cm³/mol. The summed E-state index contributed by atoms with van der Waals surface area (Å²) in [5.74, 6) is 0.922. The number of carbonyl (C=O) groups excluding carboxylic acids is 1. The molecule has 5 rings (SSSR count). The van der Waals surface area contributed by atoms with Crippen LogP contribution in [0.1, 0.15) is 23.1 Å². The lowest BCUT2D eigenvalue weighted by Gasteiger charge is -2.20. The fraction of sp³-hybridized carbons (Fsp3) is 0.174. The molecular formula is C23H20N4O2S2. The molecule has 1 aromatic carbocycles. The van der Waals surface area contributed by atoms with Gasteiger partial charge in [0.05, 0.1) is 29.9 Å². The van der Waals surface area contributed by atoms with Gasteiger partial charge in [-0.25, -0.2) is 9.99 Å². The van der Waals surface area contributed by atoms with E-state index in [4.69, 9.17) is 4.42 Å². The maximum Gasteiger partial charge on any atom is 0.253 e. The summed E-state index contributed by atoms with van der Waals surface area (Å²) < 4.78 is 7.54. The second-order valence-electron chi connectivity index (χ2n) is 7.14. The smallest absolute Gasteiger partial charge is 0.253 e. The number of hydrogen-bond acceptors (Lipinski definition) is 6. The van der Waals surface area contributed by atoms with Crippen LogP contribution < -0.4 is 0 Å². The van der Waals surface area contributed by atoms with Crippen LogP contribution in [0.25, 0.3) is 11.3 Å². The Morgan fingerprint density at radius 3 is 2.81 bits per heavy atom. The Morgan fingerprint density at radius 1 is 1.19 bits per heavy atom. The highest BCUT2D eigenvalue weighted by Gasteiger charge is 2.34. The molecule has 1 aliphatic rings. The van der Waals surface area contributed by atoms with Gasteiger partial charge in [0.1, 0.15) is 11.5 Å². The first-order valence-electron chi connectivity index (χ1n) is 9.87. The first kappa shape index (κ1) is 19.8. The minimum absolute atomic E-state index is 0.0470. The molecular weight excluding hydrogens is 428 g/mol. The molecule has 3 aromatic heterocycles. The van der Waals surface area contributed by atoms with Gasteiger partial charge in [-0.1, -0.05) is 48.2 Å². The minimum atomic E-state index is -0.102. The number of carbonyl (C=O) groups is 1. The fourth-order valence-corrected chi connectivity index (χ4v) is 5.25. The summed E-state index contributed by atoms with van der Waals surface area (Å²) in [5, 5.41) is 9.06. The average Bonchev–Trinajstić information content (AvgIpc) is 3.59. The van der Waals surface area contributed by atoms with E-state index in [0.29, 0.717) is 12.2 Å². The summed E-state index contributed by atoms with van der Waals surface area (Å²) in [6.07, 6.45) is 4.12. The van der Waals surface area contributed by atoms with Crippen molar-refractivity contribution in [1.82, 2.24) is 14.6 Å². The molecule has 0 radical (unpaired) electrons. The van der Waals surface area contributed by atoms with Gasteiger partial charge in [0.25, 0.3) is 5.91 Å². The van der Waals surface area contributed by atoms with E-state index in [1.807, 2.05) is 65.7 Å². The molecule has 0 spiro atoms. The summed E-state index contributed by atoms with van der Waals surface area (Å²) in [7, 11) is 1.97. The molecule has 0 saturated heterocycles. The fourth-order valence-electron chi connectivity index (χ4n) is 3.63. The molecule has 1 aliphatic heterocycles. The number of thiophene rings is 1. The van der Waals surface area contributed by atoms with E-state index in [0.717, 1.165) is 27.0 Å². The van der Waals surface area contributed by atoms with Crippen molar-refractivity contribution in [2.24, 2.45) is 12.1 Å². The van der Waals surface area contributed by atoms with Crippen molar-refractivity contribution in [1.29, 1.82) is 0 Å². The van der Waals surface area contributed by atoms with E-state index in [9.17, 15) is 4.79 Å². The van der Waals surface area contributed by atoms with Crippen molar-refractivity contribution in [3.8, 4) is 11.3 Å². The van der Waals surface area contributed by atoms with Crippen molar-refractivity contribution in [2.45, 2.75) is 17.6 Å². The van der Waals surface area contributed by atoms with Crippen LogP contribution >= 0.6 is 23.1 Å². The number of benzene rings is 1.